The zero-order chi connectivity index (χ0) is 40.3. The minimum absolute atomic E-state index is 0. The van der Waals surface area contributed by atoms with Gasteiger partial charge in [0.25, 0.3) is 0 Å². The third-order valence-corrected chi connectivity index (χ3v) is 10.8. The predicted molar refractivity (Wildman–Crippen MR) is 256 cm³/mol. The van der Waals surface area contributed by atoms with Crippen LogP contribution in [0.25, 0.3) is 66.1 Å². The fraction of sp³-hybridized carbons (Fsp3) is 0.214. The van der Waals surface area contributed by atoms with Gasteiger partial charge in [-0.2, -0.15) is 12.1 Å². The van der Waals surface area contributed by atoms with E-state index < -0.39 is 0 Å². The second kappa shape index (κ2) is 20.1. The van der Waals surface area contributed by atoms with Gasteiger partial charge >= 0.3 is 30.2 Å². The van der Waals surface area contributed by atoms with Crippen LogP contribution in [0.15, 0.2) is 121 Å². The molecule has 0 amide bonds. The second-order valence-corrected chi connectivity index (χ2v) is 15.9. The van der Waals surface area contributed by atoms with Gasteiger partial charge in [-0.25, -0.2) is 0 Å². The van der Waals surface area contributed by atoms with E-state index in [-0.39, 0.29) is 14.9 Å². The molecule has 8 aromatic rings. The monoisotopic (exact) mass is 850 g/mol. The first-order valence-electron chi connectivity index (χ1n) is 19.9. The van der Waals surface area contributed by atoms with Crippen molar-refractivity contribution in [2.24, 2.45) is 0 Å². The van der Waals surface area contributed by atoms with Crippen molar-refractivity contribution in [3.8, 4) is 44.5 Å². The SMILES string of the molecule is CCc1cc2c(-c3cc(C)cc(C)c3)ccc(-c3cc(C)cc(C)c3)c2[cH-]1.CCc1cc2c(-c3cc(C)cc(C)c3)ccc(-c3cc(C)cc(C)c3)c2[cH-]1.[CH3-].[CH3-].[Si]=[Zr]. The Hall–Kier alpha value is -4.36. The van der Waals surface area contributed by atoms with Crippen LogP contribution in [0.1, 0.15) is 69.5 Å². The van der Waals surface area contributed by atoms with Crippen molar-refractivity contribution in [1.82, 2.24) is 0 Å². The van der Waals surface area contributed by atoms with E-state index in [2.05, 4.69) is 197 Å². The fourth-order valence-corrected chi connectivity index (χ4v) is 8.66. The van der Waals surface area contributed by atoms with Crippen LogP contribution in [0.2, 0.25) is 0 Å². The average molecular weight is 852 g/mol. The van der Waals surface area contributed by atoms with E-state index in [4.69, 9.17) is 0 Å². The topological polar surface area (TPSA) is 0 Å². The summed E-state index contributed by atoms with van der Waals surface area (Å²) in [5.74, 6) is 0. The van der Waals surface area contributed by atoms with Crippen LogP contribution in [0, 0.1) is 70.2 Å². The molecule has 0 atom stereocenters. The molecule has 58 heavy (non-hydrogen) atoms. The maximum absolute atomic E-state index is 3.06. The standard InChI is InChI=1S/2C27H27.2CH3.Si.Zr/c2*1-6-21-15-26-24(22-11-17(2)9-18(3)12-22)7-8-25(27(26)16-21)23-13-19(4)10-20(5)14-23;;;;/h2*7-16H,6H2,1-5H3;2*1H3;;/q4*-1;;. The molecule has 0 bridgehead atoms. The molecule has 0 aromatic heterocycles. The summed E-state index contributed by atoms with van der Waals surface area (Å²) in [5.41, 5.74) is 24.0. The van der Waals surface area contributed by atoms with Crippen molar-refractivity contribution in [2.45, 2.75) is 82.1 Å². The molecule has 0 spiro atoms. The van der Waals surface area contributed by atoms with Gasteiger partial charge < -0.3 is 14.9 Å². The van der Waals surface area contributed by atoms with Gasteiger partial charge in [-0.15, -0.1) is 44.8 Å². The van der Waals surface area contributed by atoms with Crippen LogP contribution in [-0.2, 0) is 36.2 Å². The maximum atomic E-state index is 3.06. The molecule has 0 aliphatic carbocycles. The molecule has 0 heterocycles. The van der Waals surface area contributed by atoms with E-state index in [1.165, 1.54) is 145 Å². The van der Waals surface area contributed by atoms with E-state index in [0.29, 0.717) is 0 Å². The molecule has 0 N–H and O–H groups in total. The van der Waals surface area contributed by atoms with Crippen LogP contribution >= 0.6 is 0 Å². The summed E-state index contributed by atoms with van der Waals surface area (Å²) in [6.45, 7) is 25.0. The van der Waals surface area contributed by atoms with Crippen LogP contribution in [0.5, 0.6) is 0 Å². The number of hydrogen-bond acceptors (Lipinski definition) is 0. The molecule has 2 radical (unpaired) electrons. The number of fused-ring (bicyclic) bond motifs is 2. The molecular formula is C56H60SiZr-4. The zero-order valence-electron chi connectivity index (χ0n) is 37.0. The normalized spacial score (nSPS) is 10.6. The first-order chi connectivity index (χ1) is 26.9. The predicted octanol–water partition coefficient (Wildman–Crippen LogP) is 15.9. The van der Waals surface area contributed by atoms with Gasteiger partial charge in [-0.05, 0) is 79.4 Å². The summed E-state index contributed by atoms with van der Waals surface area (Å²) < 4.78 is 0. The molecule has 0 fully saturated rings. The summed E-state index contributed by atoms with van der Waals surface area (Å²) in [6, 6.07) is 46.2. The molecule has 0 saturated heterocycles. The summed E-state index contributed by atoms with van der Waals surface area (Å²) in [4.78, 5) is 0. The van der Waals surface area contributed by atoms with Gasteiger partial charge in [0.05, 0.1) is 0 Å². The van der Waals surface area contributed by atoms with E-state index in [9.17, 15) is 0 Å². The van der Waals surface area contributed by atoms with Crippen molar-refractivity contribution in [3.05, 3.63) is 192 Å². The molecule has 0 aliphatic rings. The Morgan fingerprint density at radius 2 is 0.586 bits per heavy atom. The molecule has 8 rings (SSSR count). The van der Waals surface area contributed by atoms with Gasteiger partial charge in [0.15, 0.2) is 0 Å². The Morgan fingerprint density at radius 3 is 0.828 bits per heavy atom. The van der Waals surface area contributed by atoms with E-state index in [1.54, 1.807) is 0 Å². The molecule has 8 aromatic carbocycles. The first-order valence-corrected chi connectivity index (χ1v) is 24.1. The Labute approximate surface area is 367 Å². The molecule has 0 nitrogen and oxygen atoms in total. The van der Waals surface area contributed by atoms with Crippen molar-refractivity contribution < 1.29 is 23.3 Å². The van der Waals surface area contributed by atoms with Crippen molar-refractivity contribution in [2.75, 3.05) is 0 Å². The van der Waals surface area contributed by atoms with Gasteiger partial charge in [0.2, 0.25) is 0 Å². The molecule has 0 aliphatic heterocycles. The van der Waals surface area contributed by atoms with Crippen molar-refractivity contribution >= 4 is 28.4 Å². The Kier molecular flexibility index (Phi) is 16.0. The Balaban J connectivity index is 0.000000238. The Bertz CT molecular complexity index is 2240. The number of rotatable bonds is 6. The summed E-state index contributed by atoms with van der Waals surface area (Å²) in [7, 11) is 0. The number of aryl methyl sites for hydroxylation is 10. The van der Waals surface area contributed by atoms with Crippen LogP contribution < -0.4 is 0 Å². The van der Waals surface area contributed by atoms with Gasteiger partial charge in [0.1, 0.15) is 0 Å². The fourth-order valence-electron chi connectivity index (χ4n) is 8.66. The zero-order valence-corrected chi connectivity index (χ0v) is 40.4. The molecule has 296 valence electrons. The molecular weight excluding hydrogens is 792 g/mol. The average Bonchev–Trinajstić information content (AvgIpc) is 3.79. The Morgan fingerprint density at radius 1 is 0.362 bits per heavy atom. The summed E-state index contributed by atoms with van der Waals surface area (Å²) >= 11 is 1.36. The summed E-state index contributed by atoms with van der Waals surface area (Å²) in [6.07, 6.45) is 2.13. The third kappa shape index (κ3) is 10.3. The third-order valence-electron chi connectivity index (χ3n) is 10.8. The first kappa shape index (κ1) is 46.3. The van der Waals surface area contributed by atoms with E-state index >= 15 is 0 Å². The second-order valence-electron chi connectivity index (χ2n) is 15.9. The molecule has 0 unspecified atom stereocenters. The van der Waals surface area contributed by atoms with Crippen molar-refractivity contribution in [1.29, 1.82) is 0 Å². The van der Waals surface area contributed by atoms with Gasteiger partial charge in [0, 0.05) is 0 Å². The van der Waals surface area contributed by atoms with Crippen LogP contribution in [0.4, 0.5) is 0 Å². The quantitative estimate of drug-likeness (QED) is 0.115. The minimum atomic E-state index is 0. The van der Waals surface area contributed by atoms with E-state index in [1.807, 2.05) is 0 Å². The van der Waals surface area contributed by atoms with Gasteiger partial charge in [-0.3, -0.25) is 0 Å². The molecule has 2 heteroatoms. The molecule has 0 saturated carbocycles. The van der Waals surface area contributed by atoms with E-state index in [0.717, 1.165) is 12.8 Å². The van der Waals surface area contributed by atoms with Gasteiger partial charge in [-0.1, -0.05) is 189 Å². The summed E-state index contributed by atoms with van der Waals surface area (Å²) in [5, 5.41) is 5.48. The number of hydrogen-bond donors (Lipinski definition) is 0. The number of benzene rings is 6. The van der Waals surface area contributed by atoms with Crippen LogP contribution in [-0.4, -0.2) is 6.88 Å². The van der Waals surface area contributed by atoms with Crippen molar-refractivity contribution in [3.63, 3.8) is 0 Å². The van der Waals surface area contributed by atoms with Crippen LogP contribution in [0.3, 0.4) is 0 Å².